The van der Waals surface area contributed by atoms with Crippen LogP contribution in [0, 0.1) is 5.92 Å². The van der Waals surface area contributed by atoms with E-state index >= 15 is 0 Å². The summed E-state index contributed by atoms with van der Waals surface area (Å²) >= 11 is 0. The molecule has 1 saturated heterocycles. The monoisotopic (exact) mass is 205 g/mol. The number of hydrogen-bond acceptors (Lipinski definition) is 2. The first-order valence-corrected chi connectivity index (χ1v) is 5.77. The van der Waals surface area contributed by atoms with E-state index in [0.717, 1.165) is 13.0 Å². The second-order valence-corrected chi connectivity index (χ2v) is 4.55. The van der Waals surface area contributed by atoms with Crippen LogP contribution in [0.2, 0.25) is 0 Å². The molecule has 82 valence electrons. The second kappa shape index (κ2) is 4.67. The van der Waals surface area contributed by atoms with Gasteiger partial charge in [0, 0.05) is 6.04 Å². The van der Waals surface area contributed by atoms with Gasteiger partial charge < -0.3 is 10.4 Å². The molecule has 0 saturated carbocycles. The Morgan fingerprint density at radius 3 is 3.07 bits per heavy atom. The van der Waals surface area contributed by atoms with E-state index < -0.39 is 0 Å². The summed E-state index contributed by atoms with van der Waals surface area (Å²) in [5.74, 6) is 1.02. The lowest BCUT2D eigenvalue weighted by atomic mass is 9.93. The van der Waals surface area contributed by atoms with Gasteiger partial charge in [-0.1, -0.05) is 19.1 Å². The van der Waals surface area contributed by atoms with Crippen LogP contribution < -0.4 is 5.32 Å². The van der Waals surface area contributed by atoms with Crippen molar-refractivity contribution < 1.29 is 5.11 Å². The SMILES string of the molecule is CC(Cc1cccc(O)c1)C1CCCN1. The quantitative estimate of drug-likeness (QED) is 0.793. The molecule has 0 spiro atoms. The summed E-state index contributed by atoms with van der Waals surface area (Å²) in [6.07, 6.45) is 3.64. The maximum atomic E-state index is 9.38. The number of aromatic hydroxyl groups is 1. The first-order chi connectivity index (χ1) is 7.25. The van der Waals surface area contributed by atoms with Gasteiger partial charge in [0.2, 0.25) is 0 Å². The summed E-state index contributed by atoms with van der Waals surface area (Å²) < 4.78 is 0. The highest BCUT2D eigenvalue weighted by Crippen LogP contribution is 2.20. The highest BCUT2D eigenvalue weighted by Gasteiger charge is 2.20. The topological polar surface area (TPSA) is 32.3 Å². The fourth-order valence-corrected chi connectivity index (χ4v) is 2.39. The standard InChI is InChI=1S/C13H19NO/c1-10(13-6-3-7-14-13)8-11-4-2-5-12(15)9-11/h2,4-5,9-10,13-15H,3,6-8H2,1H3. The molecule has 15 heavy (non-hydrogen) atoms. The molecule has 2 unspecified atom stereocenters. The van der Waals surface area contributed by atoms with Crippen LogP contribution in [0.3, 0.4) is 0 Å². The smallest absolute Gasteiger partial charge is 0.115 e. The number of nitrogens with one attached hydrogen (secondary N) is 1. The lowest BCUT2D eigenvalue weighted by Gasteiger charge is -2.19. The number of phenols is 1. The van der Waals surface area contributed by atoms with Crippen LogP contribution in [0.25, 0.3) is 0 Å². The van der Waals surface area contributed by atoms with Crippen LogP contribution >= 0.6 is 0 Å². The van der Waals surface area contributed by atoms with E-state index in [9.17, 15) is 5.11 Å². The zero-order valence-electron chi connectivity index (χ0n) is 9.24. The van der Waals surface area contributed by atoms with Crippen LogP contribution in [-0.4, -0.2) is 17.7 Å². The van der Waals surface area contributed by atoms with Gasteiger partial charge in [-0.2, -0.15) is 0 Å². The average molecular weight is 205 g/mol. The number of rotatable bonds is 3. The summed E-state index contributed by atoms with van der Waals surface area (Å²) in [6.45, 7) is 3.45. The first-order valence-electron chi connectivity index (χ1n) is 5.77. The highest BCUT2D eigenvalue weighted by molar-refractivity contribution is 5.27. The van der Waals surface area contributed by atoms with Gasteiger partial charge in [0.25, 0.3) is 0 Å². The molecule has 0 radical (unpaired) electrons. The van der Waals surface area contributed by atoms with Crippen molar-refractivity contribution in [3.05, 3.63) is 29.8 Å². The van der Waals surface area contributed by atoms with Gasteiger partial charge in [-0.3, -0.25) is 0 Å². The molecule has 2 nitrogen and oxygen atoms in total. The van der Waals surface area contributed by atoms with Crippen molar-refractivity contribution in [2.75, 3.05) is 6.54 Å². The largest absolute Gasteiger partial charge is 0.508 e. The minimum Gasteiger partial charge on any atom is -0.508 e. The summed E-state index contributed by atoms with van der Waals surface area (Å²) in [6, 6.07) is 8.25. The van der Waals surface area contributed by atoms with E-state index in [2.05, 4.69) is 18.3 Å². The predicted molar refractivity (Wildman–Crippen MR) is 62.0 cm³/mol. The maximum absolute atomic E-state index is 9.38. The molecule has 1 aromatic carbocycles. The molecule has 2 rings (SSSR count). The molecule has 1 aromatic rings. The van der Waals surface area contributed by atoms with Gasteiger partial charge in [-0.15, -0.1) is 0 Å². The molecule has 2 heteroatoms. The van der Waals surface area contributed by atoms with Gasteiger partial charge >= 0.3 is 0 Å². The van der Waals surface area contributed by atoms with Crippen LogP contribution in [0.1, 0.15) is 25.3 Å². The molecule has 0 bridgehead atoms. The van der Waals surface area contributed by atoms with Crippen LogP contribution in [0.15, 0.2) is 24.3 Å². The van der Waals surface area contributed by atoms with E-state index in [-0.39, 0.29) is 0 Å². The number of phenolic OH excluding ortho intramolecular Hbond substituents is 1. The molecule has 2 N–H and O–H groups in total. The van der Waals surface area contributed by atoms with Gasteiger partial charge in [0.1, 0.15) is 5.75 Å². The third-order valence-electron chi connectivity index (χ3n) is 3.25. The fourth-order valence-electron chi connectivity index (χ4n) is 2.39. The van der Waals surface area contributed by atoms with Crippen molar-refractivity contribution in [1.82, 2.24) is 5.32 Å². The zero-order valence-corrected chi connectivity index (χ0v) is 9.24. The fraction of sp³-hybridized carbons (Fsp3) is 0.538. The molecule has 1 aliphatic rings. The van der Waals surface area contributed by atoms with Gasteiger partial charge in [-0.25, -0.2) is 0 Å². The average Bonchev–Trinajstić information content (AvgIpc) is 2.70. The molecular formula is C13H19NO. The lowest BCUT2D eigenvalue weighted by Crippen LogP contribution is -2.29. The Labute approximate surface area is 91.3 Å². The highest BCUT2D eigenvalue weighted by atomic mass is 16.3. The summed E-state index contributed by atoms with van der Waals surface area (Å²) in [5, 5.41) is 12.9. The Balaban J connectivity index is 1.95. The normalized spacial score (nSPS) is 22.9. The minimum absolute atomic E-state index is 0.374. The van der Waals surface area contributed by atoms with Crippen LogP contribution in [0.5, 0.6) is 5.75 Å². The van der Waals surface area contributed by atoms with Crippen molar-refractivity contribution in [2.24, 2.45) is 5.92 Å². The van der Waals surface area contributed by atoms with Crippen molar-refractivity contribution in [3.63, 3.8) is 0 Å². The van der Waals surface area contributed by atoms with Crippen molar-refractivity contribution in [3.8, 4) is 5.75 Å². The Bertz CT molecular complexity index is 318. The van der Waals surface area contributed by atoms with Crippen molar-refractivity contribution >= 4 is 0 Å². The lowest BCUT2D eigenvalue weighted by molar-refractivity contribution is 0.416. The summed E-state index contributed by atoms with van der Waals surface area (Å²) in [5.41, 5.74) is 1.23. The third-order valence-corrected chi connectivity index (χ3v) is 3.25. The van der Waals surface area contributed by atoms with E-state index in [0.29, 0.717) is 17.7 Å². The van der Waals surface area contributed by atoms with E-state index in [4.69, 9.17) is 0 Å². The minimum atomic E-state index is 0.374. The zero-order chi connectivity index (χ0) is 10.7. The van der Waals surface area contributed by atoms with E-state index in [1.54, 1.807) is 6.07 Å². The Hall–Kier alpha value is -1.02. The molecule has 2 atom stereocenters. The molecule has 1 heterocycles. The molecular weight excluding hydrogens is 186 g/mol. The van der Waals surface area contributed by atoms with Crippen molar-refractivity contribution in [1.29, 1.82) is 0 Å². The van der Waals surface area contributed by atoms with Gasteiger partial charge in [0.15, 0.2) is 0 Å². The van der Waals surface area contributed by atoms with E-state index in [1.807, 2.05) is 12.1 Å². The summed E-state index contributed by atoms with van der Waals surface area (Å²) in [4.78, 5) is 0. The molecule has 1 fully saturated rings. The van der Waals surface area contributed by atoms with Crippen LogP contribution in [-0.2, 0) is 6.42 Å². The van der Waals surface area contributed by atoms with E-state index in [1.165, 1.54) is 18.4 Å². The third kappa shape index (κ3) is 2.72. The number of benzene rings is 1. The first kappa shape index (κ1) is 10.5. The van der Waals surface area contributed by atoms with Crippen molar-refractivity contribution in [2.45, 2.75) is 32.2 Å². The maximum Gasteiger partial charge on any atom is 0.115 e. The Morgan fingerprint density at radius 1 is 1.53 bits per heavy atom. The second-order valence-electron chi connectivity index (χ2n) is 4.55. The molecule has 1 aliphatic heterocycles. The predicted octanol–water partition coefficient (Wildman–Crippen LogP) is 2.32. The Morgan fingerprint density at radius 2 is 2.40 bits per heavy atom. The molecule has 0 amide bonds. The molecule has 0 aliphatic carbocycles. The molecule has 0 aromatic heterocycles. The Kier molecular flexibility index (Phi) is 3.27. The van der Waals surface area contributed by atoms with Crippen LogP contribution in [0.4, 0.5) is 0 Å². The van der Waals surface area contributed by atoms with Gasteiger partial charge in [-0.05, 0) is 49.4 Å². The van der Waals surface area contributed by atoms with Gasteiger partial charge in [0.05, 0.1) is 0 Å². The summed E-state index contributed by atoms with van der Waals surface area (Å²) in [7, 11) is 0. The number of hydrogen-bond donors (Lipinski definition) is 2.